The summed E-state index contributed by atoms with van der Waals surface area (Å²) in [4.78, 5) is 9.80. The van der Waals surface area contributed by atoms with Gasteiger partial charge in [0.15, 0.2) is 0 Å². The molecule has 2 N–H and O–H groups in total. The van der Waals surface area contributed by atoms with Gasteiger partial charge in [0.2, 0.25) is 5.95 Å². The number of rotatable bonds is 5. The van der Waals surface area contributed by atoms with E-state index in [1.54, 1.807) is 11.8 Å². The van der Waals surface area contributed by atoms with Crippen LogP contribution in [0.25, 0.3) is 11.3 Å². The number of aliphatic hydroxyl groups excluding tert-OH is 1. The number of alkyl halides is 4. The predicted molar refractivity (Wildman–Crippen MR) is 104 cm³/mol. The molecule has 1 aromatic carbocycles. The van der Waals surface area contributed by atoms with E-state index in [1.165, 1.54) is 12.1 Å². The van der Waals surface area contributed by atoms with Gasteiger partial charge in [-0.2, -0.15) is 17.6 Å². The average molecular weight is 460 g/mol. The summed E-state index contributed by atoms with van der Waals surface area (Å²) in [6, 6.07) is 3.33. The molecule has 2 heterocycles. The van der Waals surface area contributed by atoms with E-state index in [9.17, 15) is 26.9 Å². The highest BCUT2D eigenvalue weighted by molar-refractivity contribution is 7.91. The van der Waals surface area contributed by atoms with Gasteiger partial charge in [-0.25, -0.2) is 19.0 Å². The zero-order valence-corrected chi connectivity index (χ0v) is 17.4. The molecule has 2 aromatic rings. The third kappa shape index (κ3) is 3.82. The number of aliphatic hydroxyl groups is 1. The van der Waals surface area contributed by atoms with Gasteiger partial charge < -0.3 is 14.7 Å². The SMILES string of the molecule is C[C@H]1[C@H](O)CN1c1nc(-c2ccc(OC(F)F)c([S@@](C)(=N)=O)c2)c2c(n1)C(F)(F)CC2. The van der Waals surface area contributed by atoms with Crippen molar-refractivity contribution in [2.45, 2.75) is 49.3 Å². The summed E-state index contributed by atoms with van der Waals surface area (Å²) in [5.74, 6) is -3.56. The fraction of sp³-hybridized carbons (Fsp3) is 0.474. The second-order valence-corrected chi connectivity index (χ2v) is 9.87. The van der Waals surface area contributed by atoms with E-state index in [0.29, 0.717) is 0 Å². The number of anilines is 1. The van der Waals surface area contributed by atoms with E-state index in [0.717, 1.165) is 12.3 Å². The van der Waals surface area contributed by atoms with Crippen molar-refractivity contribution >= 4 is 15.7 Å². The Morgan fingerprint density at radius 2 is 2.06 bits per heavy atom. The van der Waals surface area contributed by atoms with E-state index < -0.39 is 46.2 Å². The Balaban J connectivity index is 1.89. The number of nitrogens with zero attached hydrogens (tertiary/aromatic N) is 3. The zero-order valence-electron chi connectivity index (χ0n) is 16.6. The van der Waals surface area contributed by atoms with Crippen molar-refractivity contribution < 1.29 is 31.6 Å². The van der Waals surface area contributed by atoms with E-state index in [-0.39, 0.29) is 46.7 Å². The summed E-state index contributed by atoms with van der Waals surface area (Å²) in [7, 11) is -3.48. The van der Waals surface area contributed by atoms with Crippen LogP contribution in [-0.2, 0) is 22.1 Å². The number of fused-ring (bicyclic) bond motifs is 1. The van der Waals surface area contributed by atoms with Crippen LogP contribution in [0.5, 0.6) is 5.75 Å². The number of benzene rings is 1. The van der Waals surface area contributed by atoms with Crippen LogP contribution in [0.15, 0.2) is 23.1 Å². The fourth-order valence-electron chi connectivity index (χ4n) is 3.79. The molecule has 1 saturated heterocycles. The van der Waals surface area contributed by atoms with E-state index in [1.807, 2.05) is 0 Å². The number of nitrogens with one attached hydrogen (secondary N) is 1. The van der Waals surface area contributed by atoms with Gasteiger partial charge in [0, 0.05) is 30.3 Å². The van der Waals surface area contributed by atoms with Crippen molar-refractivity contribution in [1.29, 1.82) is 4.78 Å². The van der Waals surface area contributed by atoms with Crippen molar-refractivity contribution in [1.82, 2.24) is 9.97 Å². The lowest BCUT2D eigenvalue weighted by atomic mass is 10.0. The molecule has 0 spiro atoms. The minimum Gasteiger partial charge on any atom is -0.434 e. The topological polar surface area (TPSA) is 99.4 Å². The van der Waals surface area contributed by atoms with Crippen molar-refractivity contribution in [3.05, 3.63) is 29.5 Å². The summed E-state index contributed by atoms with van der Waals surface area (Å²) in [5.41, 5.74) is 0.186. The lowest BCUT2D eigenvalue weighted by Crippen LogP contribution is -2.59. The molecule has 0 radical (unpaired) electrons. The van der Waals surface area contributed by atoms with Crippen molar-refractivity contribution in [3.8, 4) is 17.0 Å². The highest BCUT2D eigenvalue weighted by Gasteiger charge is 2.45. The van der Waals surface area contributed by atoms with Crippen LogP contribution in [0.3, 0.4) is 0 Å². The smallest absolute Gasteiger partial charge is 0.387 e. The summed E-state index contributed by atoms with van der Waals surface area (Å²) in [6.07, 6.45) is -0.0272. The largest absolute Gasteiger partial charge is 0.434 e. The molecule has 2 aliphatic rings. The second kappa shape index (κ2) is 7.30. The average Bonchev–Trinajstić information content (AvgIpc) is 2.99. The highest BCUT2D eigenvalue weighted by Crippen LogP contribution is 2.45. The third-order valence-corrected chi connectivity index (χ3v) is 6.73. The maximum absolute atomic E-state index is 14.5. The van der Waals surface area contributed by atoms with Gasteiger partial charge in [-0.05, 0) is 31.5 Å². The molecular formula is C19H20F4N4O3S. The van der Waals surface area contributed by atoms with Crippen molar-refractivity contribution in [2.75, 3.05) is 17.7 Å². The lowest BCUT2D eigenvalue weighted by Gasteiger charge is -2.43. The molecule has 1 fully saturated rings. The Kier molecular flexibility index (Phi) is 5.12. The van der Waals surface area contributed by atoms with Gasteiger partial charge in [-0.15, -0.1) is 0 Å². The first-order chi connectivity index (χ1) is 14.4. The molecule has 3 atom stereocenters. The Bertz CT molecular complexity index is 1140. The molecular weight excluding hydrogens is 440 g/mol. The van der Waals surface area contributed by atoms with Crippen LogP contribution in [0.1, 0.15) is 24.6 Å². The molecule has 0 unspecified atom stereocenters. The molecule has 168 valence electrons. The molecule has 1 aliphatic carbocycles. The molecule has 7 nitrogen and oxygen atoms in total. The zero-order chi connectivity index (χ0) is 22.7. The van der Waals surface area contributed by atoms with E-state index in [2.05, 4.69) is 14.7 Å². The summed E-state index contributed by atoms with van der Waals surface area (Å²) in [5, 5.41) is 9.79. The first-order valence-electron chi connectivity index (χ1n) is 9.45. The summed E-state index contributed by atoms with van der Waals surface area (Å²) in [6.45, 7) is -1.28. The van der Waals surface area contributed by atoms with Gasteiger partial charge >= 0.3 is 6.61 Å². The van der Waals surface area contributed by atoms with Crippen molar-refractivity contribution in [3.63, 3.8) is 0 Å². The second-order valence-electron chi connectivity index (χ2n) is 7.75. The monoisotopic (exact) mass is 460 g/mol. The van der Waals surface area contributed by atoms with Gasteiger partial charge in [0.1, 0.15) is 11.4 Å². The highest BCUT2D eigenvalue weighted by atomic mass is 32.2. The molecule has 12 heteroatoms. The van der Waals surface area contributed by atoms with Gasteiger partial charge in [-0.3, -0.25) is 0 Å². The minimum absolute atomic E-state index is 0.00309. The lowest BCUT2D eigenvalue weighted by molar-refractivity contribution is -0.0517. The fourth-order valence-corrected chi connectivity index (χ4v) is 4.64. The molecule has 31 heavy (non-hydrogen) atoms. The Morgan fingerprint density at radius 1 is 1.35 bits per heavy atom. The van der Waals surface area contributed by atoms with Crippen LogP contribution in [0.2, 0.25) is 0 Å². The number of halogens is 4. The number of aromatic nitrogens is 2. The van der Waals surface area contributed by atoms with Gasteiger partial charge in [0.25, 0.3) is 5.92 Å². The molecule has 1 aliphatic heterocycles. The third-order valence-electron chi connectivity index (χ3n) is 5.57. The quantitative estimate of drug-likeness (QED) is 0.664. The molecule has 0 saturated carbocycles. The number of β-amino-alcohol motifs (C(OH)–C–C–N with tert-alkyl or cyclic N) is 1. The maximum Gasteiger partial charge on any atom is 0.387 e. The standard InChI is InChI=1S/C19H20F4N4O3S/c1-9-12(28)8-27(9)18-25-15(11-5-6-19(22,23)16(11)26-18)10-3-4-13(30-17(20)21)14(7-10)31(2,24)29/h3-4,7,9,12,17,24,28H,5-6,8H2,1-2H3/t9-,12+,31-/m0/s1. The van der Waals surface area contributed by atoms with Crippen LogP contribution in [-0.4, -0.2) is 50.8 Å². The van der Waals surface area contributed by atoms with Crippen LogP contribution in [0, 0.1) is 4.78 Å². The molecule has 4 rings (SSSR count). The number of ether oxygens (including phenoxy) is 1. The molecule has 0 bridgehead atoms. The number of hydrogen-bond acceptors (Lipinski definition) is 7. The van der Waals surface area contributed by atoms with Crippen LogP contribution < -0.4 is 9.64 Å². The molecule has 0 amide bonds. The van der Waals surface area contributed by atoms with E-state index >= 15 is 0 Å². The Labute approximate surface area is 176 Å². The minimum atomic E-state index is -3.48. The normalized spacial score (nSPS) is 23.9. The number of hydrogen-bond donors (Lipinski definition) is 2. The maximum atomic E-state index is 14.5. The Morgan fingerprint density at radius 3 is 2.65 bits per heavy atom. The Hall–Kier alpha value is -2.47. The van der Waals surface area contributed by atoms with Gasteiger partial charge in [0.05, 0.1) is 32.5 Å². The summed E-state index contributed by atoms with van der Waals surface area (Å²) < 4.78 is 79.1. The van der Waals surface area contributed by atoms with Crippen LogP contribution in [0.4, 0.5) is 23.5 Å². The van der Waals surface area contributed by atoms with Crippen molar-refractivity contribution in [2.24, 2.45) is 0 Å². The first-order valence-corrected chi connectivity index (χ1v) is 11.4. The predicted octanol–water partition coefficient (Wildman–Crippen LogP) is 3.39. The van der Waals surface area contributed by atoms with Crippen LogP contribution >= 0.6 is 0 Å². The first kappa shape index (κ1) is 21.8. The molecule has 1 aromatic heterocycles. The van der Waals surface area contributed by atoms with E-state index in [4.69, 9.17) is 4.78 Å². The summed E-state index contributed by atoms with van der Waals surface area (Å²) >= 11 is 0. The van der Waals surface area contributed by atoms with Gasteiger partial charge in [-0.1, -0.05) is 0 Å².